The molecule has 2 unspecified atom stereocenters. The van der Waals surface area contributed by atoms with Crippen molar-refractivity contribution in [3.05, 3.63) is 69.9 Å². The lowest BCUT2D eigenvalue weighted by molar-refractivity contribution is 0.0944. The van der Waals surface area contributed by atoms with Crippen LogP contribution >= 0.6 is 11.6 Å². The fourth-order valence-electron chi connectivity index (χ4n) is 4.72. The number of nitrogens with two attached hydrogens (primary N) is 1. The number of nitrogens with one attached hydrogen (secondary N) is 3. The van der Waals surface area contributed by atoms with E-state index in [1.165, 1.54) is 5.56 Å². The zero-order valence-electron chi connectivity index (χ0n) is 16.2. The molecule has 29 heavy (non-hydrogen) atoms. The van der Waals surface area contributed by atoms with Crippen molar-refractivity contribution < 1.29 is 4.79 Å². The Balaban J connectivity index is 1.46. The fraction of sp³-hybridized carbons (Fsp3) is 0.348. The van der Waals surface area contributed by atoms with Gasteiger partial charge in [-0.3, -0.25) is 10.1 Å². The normalized spacial score (nSPS) is 20.7. The van der Waals surface area contributed by atoms with Crippen molar-refractivity contribution in [2.75, 3.05) is 13.1 Å². The Morgan fingerprint density at radius 3 is 2.76 bits per heavy atom. The van der Waals surface area contributed by atoms with E-state index in [9.17, 15) is 4.79 Å². The summed E-state index contributed by atoms with van der Waals surface area (Å²) < 4.78 is 0. The van der Waals surface area contributed by atoms with Gasteiger partial charge in [0.2, 0.25) is 0 Å². The molecule has 5 nitrogen and oxygen atoms in total. The number of halogens is 1. The lowest BCUT2D eigenvalue weighted by atomic mass is 9.86. The summed E-state index contributed by atoms with van der Waals surface area (Å²) in [4.78, 5) is 16.5. The van der Waals surface area contributed by atoms with Crippen molar-refractivity contribution in [3.8, 4) is 0 Å². The Hall–Kier alpha value is -2.18. The Labute approximate surface area is 175 Å². The van der Waals surface area contributed by atoms with Crippen LogP contribution in [0.5, 0.6) is 0 Å². The summed E-state index contributed by atoms with van der Waals surface area (Å²) >= 11 is 6.77. The molecule has 2 aliphatic rings. The minimum Gasteiger partial charge on any atom is -0.352 e. The topological polar surface area (TPSA) is 82.9 Å². The highest BCUT2D eigenvalue weighted by molar-refractivity contribution is 6.36. The summed E-state index contributed by atoms with van der Waals surface area (Å²) in [6, 6.07) is 13.5. The van der Waals surface area contributed by atoms with Gasteiger partial charge in [0, 0.05) is 23.5 Å². The zero-order chi connectivity index (χ0) is 20.0. The number of H-pyrrole nitrogens is 1. The molecule has 0 aliphatic carbocycles. The van der Waals surface area contributed by atoms with Crippen LogP contribution in [0.25, 0.3) is 10.9 Å². The Morgan fingerprint density at radius 1 is 1.14 bits per heavy atom. The molecular formula is C23H25ClN4O. The van der Waals surface area contributed by atoms with Crippen molar-refractivity contribution in [3.63, 3.8) is 0 Å². The number of benzene rings is 2. The highest BCUT2D eigenvalue weighted by atomic mass is 35.5. The highest BCUT2D eigenvalue weighted by Gasteiger charge is 2.30. The zero-order valence-corrected chi connectivity index (χ0v) is 16.9. The van der Waals surface area contributed by atoms with E-state index in [2.05, 4.69) is 21.7 Å². The van der Waals surface area contributed by atoms with E-state index in [-0.39, 0.29) is 17.9 Å². The van der Waals surface area contributed by atoms with E-state index >= 15 is 0 Å². The van der Waals surface area contributed by atoms with Crippen LogP contribution < -0.4 is 16.4 Å². The van der Waals surface area contributed by atoms with Crippen LogP contribution in [0.3, 0.4) is 0 Å². The summed E-state index contributed by atoms with van der Waals surface area (Å²) in [6.07, 6.45) is 2.11. The van der Waals surface area contributed by atoms with Gasteiger partial charge < -0.3 is 16.0 Å². The third kappa shape index (κ3) is 3.28. The van der Waals surface area contributed by atoms with Gasteiger partial charge in [0.15, 0.2) is 5.78 Å². The molecule has 2 aromatic carbocycles. The Morgan fingerprint density at radius 2 is 1.93 bits per heavy atom. The van der Waals surface area contributed by atoms with Gasteiger partial charge in [-0.15, -0.1) is 0 Å². The number of piperidine rings is 1. The van der Waals surface area contributed by atoms with Crippen LogP contribution in [-0.4, -0.2) is 23.9 Å². The number of ketones is 1. The van der Waals surface area contributed by atoms with Crippen LogP contribution in [0.2, 0.25) is 5.02 Å². The van der Waals surface area contributed by atoms with E-state index in [0.717, 1.165) is 48.0 Å². The number of fused-ring (bicyclic) bond motifs is 2. The van der Waals surface area contributed by atoms with Gasteiger partial charge in [0.25, 0.3) is 0 Å². The Bertz CT molecular complexity index is 1070. The van der Waals surface area contributed by atoms with E-state index in [1.807, 2.05) is 36.4 Å². The predicted octanol–water partition coefficient (Wildman–Crippen LogP) is 3.85. The minimum absolute atomic E-state index is 0.0337. The van der Waals surface area contributed by atoms with Gasteiger partial charge >= 0.3 is 0 Å². The first-order valence-electron chi connectivity index (χ1n) is 10.3. The van der Waals surface area contributed by atoms with Crippen molar-refractivity contribution >= 4 is 28.3 Å². The second-order valence-electron chi connectivity index (χ2n) is 8.10. The molecule has 1 aromatic heterocycles. The third-order valence-electron chi connectivity index (χ3n) is 6.41. The van der Waals surface area contributed by atoms with Crippen molar-refractivity contribution in [2.24, 2.45) is 11.7 Å². The first-order valence-corrected chi connectivity index (χ1v) is 10.6. The summed E-state index contributed by atoms with van der Waals surface area (Å²) in [6.45, 7) is 2.70. The number of carbonyl (C=O) groups is 1. The molecule has 1 saturated heterocycles. The number of aromatic amines is 1. The van der Waals surface area contributed by atoms with E-state index in [1.54, 1.807) is 0 Å². The maximum Gasteiger partial charge on any atom is 0.200 e. The summed E-state index contributed by atoms with van der Waals surface area (Å²) in [5.41, 5.74) is 11.2. The van der Waals surface area contributed by atoms with Gasteiger partial charge in [-0.2, -0.15) is 0 Å². The molecule has 3 aromatic rings. The van der Waals surface area contributed by atoms with Crippen LogP contribution in [0, 0.1) is 5.92 Å². The first-order chi connectivity index (χ1) is 14.1. The molecule has 2 aliphatic heterocycles. The maximum absolute atomic E-state index is 13.2. The molecule has 2 atom stereocenters. The first kappa shape index (κ1) is 18.8. The fourth-order valence-corrected chi connectivity index (χ4v) is 5.07. The van der Waals surface area contributed by atoms with Crippen LogP contribution in [0.4, 0.5) is 0 Å². The Kier molecular flexibility index (Phi) is 4.92. The standard InChI is InChI=1S/C23H25ClN4O/c24-20-16(21(25)13-7-9-26-10-8-13)5-6-18-17(20)11-19(28-18)23(29)22-15-4-2-1-3-14(15)12-27-22/h1-6,11,13,21-22,26-28H,7-10,12,25H2. The molecule has 0 saturated carbocycles. The number of hydrogen-bond acceptors (Lipinski definition) is 4. The van der Waals surface area contributed by atoms with Gasteiger partial charge in [0.1, 0.15) is 0 Å². The van der Waals surface area contributed by atoms with Gasteiger partial charge in [-0.25, -0.2) is 0 Å². The third-order valence-corrected chi connectivity index (χ3v) is 6.83. The van der Waals surface area contributed by atoms with E-state index in [0.29, 0.717) is 23.2 Å². The van der Waals surface area contributed by atoms with Gasteiger partial charge in [0.05, 0.1) is 16.8 Å². The quantitative estimate of drug-likeness (QED) is 0.494. The molecule has 0 amide bonds. The van der Waals surface area contributed by atoms with Gasteiger partial charge in [-0.1, -0.05) is 41.9 Å². The molecule has 6 heteroatoms. The molecule has 5 N–H and O–H groups in total. The number of hydrogen-bond donors (Lipinski definition) is 4. The number of aromatic nitrogens is 1. The molecular weight excluding hydrogens is 384 g/mol. The summed E-state index contributed by atoms with van der Waals surface area (Å²) in [5.74, 6) is 0.455. The smallest absolute Gasteiger partial charge is 0.200 e. The average molecular weight is 409 g/mol. The maximum atomic E-state index is 13.2. The second kappa shape index (κ2) is 7.58. The monoisotopic (exact) mass is 408 g/mol. The van der Waals surface area contributed by atoms with Crippen molar-refractivity contribution in [1.29, 1.82) is 0 Å². The van der Waals surface area contributed by atoms with Crippen LogP contribution in [0.15, 0.2) is 42.5 Å². The van der Waals surface area contributed by atoms with Gasteiger partial charge in [-0.05, 0) is 60.7 Å². The summed E-state index contributed by atoms with van der Waals surface area (Å²) in [5, 5.41) is 8.22. The van der Waals surface area contributed by atoms with E-state index < -0.39 is 0 Å². The lowest BCUT2D eigenvalue weighted by Crippen LogP contribution is -2.33. The molecule has 0 spiro atoms. The molecule has 1 fully saturated rings. The molecule has 0 bridgehead atoms. The van der Waals surface area contributed by atoms with E-state index in [4.69, 9.17) is 17.3 Å². The van der Waals surface area contributed by atoms with Crippen molar-refractivity contribution in [2.45, 2.75) is 31.5 Å². The SMILES string of the molecule is NC(c1ccc2[nH]c(C(=O)C3NCc4ccccc43)cc2c1Cl)C1CCNCC1. The van der Waals surface area contributed by atoms with Crippen molar-refractivity contribution in [1.82, 2.24) is 15.6 Å². The molecule has 0 radical (unpaired) electrons. The van der Waals surface area contributed by atoms with Crippen LogP contribution in [0.1, 0.15) is 52.1 Å². The average Bonchev–Trinajstić information content (AvgIpc) is 3.39. The summed E-state index contributed by atoms with van der Waals surface area (Å²) in [7, 11) is 0. The molecule has 5 rings (SSSR count). The largest absolute Gasteiger partial charge is 0.352 e. The molecule has 3 heterocycles. The lowest BCUT2D eigenvalue weighted by Gasteiger charge is -2.29. The number of carbonyl (C=O) groups excluding carboxylic acids is 1. The number of rotatable bonds is 4. The minimum atomic E-state index is -0.325. The van der Waals surface area contributed by atoms with Crippen LogP contribution in [-0.2, 0) is 6.54 Å². The second-order valence-corrected chi connectivity index (χ2v) is 8.48. The molecule has 150 valence electrons. The highest BCUT2D eigenvalue weighted by Crippen LogP contribution is 2.37. The predicted molar refractivity (Wildman–Crippen MR) is 116 cm³/mol. The number of Topliss-reactive ketones (excluding diaryl/α,β-unsaturated/α-hetero) is 1.